The van der Waals surface area contributed by atoms with Crippen LogP contribution in [0.15, 0.2) is 24.3 Å². The lowest BCUT2D eigenvalue weighted by Crippen LogP contribution is -2.31. The molecule has 1 aliphatic heterocycles. The first-order valence-corrected chi connectivity index (χ1v) is 10.3. The topological polar surface area (TPSA) is 61.4 Å². The van der Waals surface area contributed by atoms with Crippen molar-refractivity contribution in [3.63, 3.8) is 0 Å². The zero-order chi connectivity index (χ0) is 20.1. The van der Waals surface area contributed by atoms with Crippen molar-refractivity contribution in [1.29, 1.82) is 0 Å². The van der Waals surface area contributed by atoms with Gasteiger partial charge in [-0.05, 0) is 70.7 Å². The molecule has 1 aromatic heterocycles. The van der Waals surface area contributed by atoms with Crippen LogP contribution in [0.2, 0.25) is 0 Å². The minimum absolute atomic E-state index is 0.192. The molecule has 28 heavy (non-hydrogen) atoms. The Labute approximate surface area is 168 Å². The van der Waals surface area contributed by atoms with Crippen LogP contribution in [0, 0.1) is 13.8 Å². The van der Waals surface area contributed by atoms with Crippen LogP contribution in [0.3, 0.4) is 0 Å². The van der Waals surface area contributed by atoms with Crippen LogP contribution in [0.5, 0.6) is 0 Å². The van der Waals surface area contributed by atoms with E-state index in [0.29, 0.717) is 11.5 Å². The van der Waals surface area contributed by atoms with Crippen molar-refractivity contribution >= 4 is 23.1 Å². The second-order valence-corrected chi connectivity index (χ2v) is 7.33. The second-order valence-electron chi connectivity index (χ2n) is 7.33. The van der Waals surface area contributed by atoms with Crippen LogP contribution in [-0.4, -0.2) is 42.1 Å². The van der Waals surface area contributed by atoms with Crippen LogP contribution in [0.1, 0.15) is 55.0 Å². The molecular formula is C22H31N5O. The molecule has 1 N–H and O–H groups in total. The summed E-state index contributed by atoms with van der Waals surface area (Å²) in [5.41, 5.74) is 3.45. The van der Waals surface area contributed by atoms with Crippen LogP contribution in [-0.2, 0) is 0 Å². The van der Waals surface area contributed by atoms with E-state index in [1.54, 1.807) is 0 Å². The van der Waals surface area contributed by atoms with Crippen molar-refractivity contribution in [2.75, 3.05) is 41.3 Å². The molecule has 0 unspecified atom stereocenters. The largest absolute Gasteiger partial charge is 0.372 e. The Balaban J connectivity index is 1.78. The molecule has 0 aliphatic carbocycles. The molecule has 1 amide bonds. The van der Waals surface area contributed by atoms with Crippen molar-refractivity contribution in [2.45, 2.75) is 47.0 Å². The number of nitrogens with zero attached hydrogens (tertiary/aromatic N) is 4. The molecule has 6 heteroatoms. The van der Waals surface area contributed by atoms with Gasteiger partial charge in [0, 0.05) is 43.6 Å². The summed E-state index contributed by atoms with van der Waals surface area (Å²) in [4.78, 5) is 26.3. The number of hydrogen-bond donors (Lipinski definition) is 1. The smallest absolute Gasteiger partial charge is 0.274 e. The number of carbonyl (C=O) groups excluding carboxylic acids is 1. The number of benzene rings is 1. The first-order chi connectivity index (χ1) is 13.5. The van der Waals surface area contributed by atoms with E-state index < -0.39 is 0 Å². The third-order valence-electron chi connectivity index (χ3n) is 5.32. The molecule has 3 rings (SSSR count). The van der Waals surface area contributed by atoms with Gasteiger partial charge in [0.15, 0.2) is 0 Å². The van der Waals surface area contributed by atoms with Crippen LogP contribution in [0.4, 0.5) is 17.2 Å². The standard InChI is InChI=1S/C22H31N5O/c1-5-26(6-2)18-10-11-19(16(3)14-18)25-22(28)20-15-21(24-17(4)23-20)27-12-8-7-9-13-27/h10-11,14-15H,5-9,12-13H2,1-4H3,(H,25,28). The summed E-state index contributed by atoms with van der Waals surface area (Å²) in [5, 5.41) is 3.02. The van der Waals surface area contributed by atoms with Gasteiger partial charge in [-0.15, -0.1) is 0 Å². The molecule has 6 nitrogen and oxygen atoms in total. The fourth-order valence-corrected chi connectivity index (χ4v) is 3.71. The number of aryl methyl sites for hydroxylation is 2. The second kappa shape index (κ2) is 9.04. The molecule has 2 aromatic rings. The quantitative estimate of drug-likeness (QED) is 0.813. The third-order valence-corrected chi connectivity index (χ3v) is 5.32. The highest BCUT2D eigenvalue weighted by Gasteiger charge is 2.17. The van der Waals surface area contributed by atoms with Crippen molar-refractivity contribution in [2.24, 2.45) is 0 Å². The predicted molar refractivity (Wildman–Crippen MR) is 116 cm³/mol. The highest BCUT2D eigenvalue weighted by molar-refractivity contribution is 6.03. The summed E-state index contributed by atoms with van der Waals surface area (Å²) < 4.78 is 0. The van der Waals surface area contributed by atoms with Crippen LogP contribution in [0.25, 0.3) is 0 Å². The van der Waals surface area contributed by atoms with Gasteiger partial charge in [-0.25, -0.2) is 9.97 Å². The Hall–Kier alpha value is -2.63. The summed E-state index contributed by atoms with van der Waals surface area (Å²) >= 11 is 0. The minimum atomic E-state index is -0.192. The van der Waals surface area contributed by atoms with E-state index in [1.807, 2.05) is 26.0 Å². The number of aromatic nitrogens is 2. The summed E-state index contributed by atoms with van der Waals surface area (Å²) in [6.07, 6.45) is 3.60. The average molecular weight is 382 g/mol. The molecule has 0 atom stereocenters. The molecule has 1 fully saturated rings. The number of rotatable bonds is 6. The summed E-state index contributed by atoms with van der Waals surface area (Å²) in [6, 6.07) is 7.96. The molecule has 0 saturated carbocycles. The Kier molecular flexibility index (Phi) is 6.49. The molecule has 1 aliphatic rings. The third kappa shape index (κ3) is 4.61. The monoisotopic (exact) mass is 381 g/mol. The van der Waals surface area contributed by atoms with E-state index in [2.05, 4.69) is 51.1 Å². The highest BCUT2D eigenvalue weighted by atomic mass is 16.1. The zero-order valence-electron chi connectivity index (χ0n) is 17.5. The van der Waals surface area contributed by atoms with Gasteiger partial charge in [-0.2, -0.15) is 0 Å². The number of carbonyl (C=O) groups is 1. The fourth-order valence-electron chi connectivity index (χ4n) is 3.71. The van der Waals surface area contributed by atoms with E-state index in [-0.39, 0.29) is 5.91 Å². The van der Waals surface area contributed by atoms with Gasteiger partial charge in [0.1, 0.15) is 17.3 Å². The average Bonchev–Trinajstić information content (AvgIpc) is 2.71. The van der Waals surface area contributed by atoms with Crippen molar-refractivity contribution in [3.8, 4) is 0 Å². The molecule has 0 radical (unpaired) electrons. The summed E-state index contributed by atoms with van der Waals surface area (Å²) in [7, 11) is 0. The minimum Gasteiger partial charge on any atom is -0.372 e. The van der Waals surface area contributed by atoms with Gasteiger partial charge in [0.05, 0.1) is 0 Å². The molecule has 1 aromatic carbocycles. The maximum absolute atomic E-state index is 12.9. The number of nitrogens with one attached hydrogen (secondary N) is 1. The Morgan fingerprint density at radius 2 is 1.79 bits per heavy atom. The lowest BCUT2D eigenvalue weighted by Gasteiger charge is -2.28. The van der Waals surface area contributed by atoms with Gasteiger partial charge >= 0.3 is 0 Å². The van der Waals surface area contributed by atoms with E-state index in [9.17, 15) is 4.79 Å². The van der Waals surface area contributed by atoms with Crippen molar-refractivity contribution in [1.82, 2.24) is 9.97 Å². The lowest BCUT2D eigenvalue weighted by atomic mass is 10.1. The fraction of sp³-hybridized carbons (Fsp3) is 0.500. The number of hydrogen-bond acceptors (Lipinski definition) is 5. The summed E-state index contributed by atoms with van der Waals surface area (Å²) in [5.74, 6) is 1.29. The van der Waals surface area contributed by atoms with Crippen molar-refractivity contribution in [3.05, 3.63) is 41.3 Å². The normalized spacial score (nSPS) is 14.1. The maximum atomic E-state index is 12.9. The maximum Gasteiger partial charge on any atom is 0.274 e. The molecule has 2 heterocycles. The molecule has 150 valence electrons. The van der Waals surface area contributed by atoms with E-state index in [1.165, 1.54) is 24.9 Å². The number of piperidine rings is 1. The molecule has 0 bridgehead atoms. The Bertz CT molecular complexity index is 826. The van der Waals surface area contributed by atoms with Crippen LogP contribution >= 0.6 is 0 Å². The highest BCUT2D eigenvalue weighted by Crippen LogP contribution is 2.24. The van der Waals surface area contributed by atoms with E-state index >= 15 is 0 Å². The first-order valence-electron chi connectivity index (χ1n) is 10.3. The Morgan fingerprint density at radius 3 is 2.43 bits per heavy atom. The molecule has 1 saturated heterocycles. The molecular weight excluding hydrogens is 350 g/mol. The SMILES string of the molecule is CCN(CC)c1ccc(NC(=O)c2cc(N3CCCCC3)nc(C)n2)c(C)c1. The Morgan fingerprint density at radius 1 is 1.07 bits per heavy atom. The predicted octanol–water partition coefficient (Wildman–Crippen LogP) is 4.18. The number of amides is 1. The van der Waals surface area contributed by atoms with Gasteiger partial charge < -0.3 is 15.1 Å². The lowest BCUT2D eigenvalue weighted by molar-refractivity contribution is 0.102. The van der Waals surface area contributed by atoms with Gasteiger partial charge in [-0.1, -0.05) is 0 Å². The van der Waals surface area contributed by atoms with Gasteiger partial charge in [0.2, 0.25) is 0 Å². The zero-order valence-corrected chi connectivity index (χ0v) is 17.5. The van der Waals surface area contributed by atoms with E-state index in [4.69, 9.17) is 0 Å². The van der Waals surface area contributed by atoms with Gasteiger partial charge in [0.25, 0.3) is 5.91 Å². The van der Waals surface area contributed by atoms with Crippen molar-refractivity contribution < 1.29 is 4.79 Å². The van der Waals surface area contributed by atoms with E-state index in [0.717, 1.165) is 43.2 Å². The first kappa shape index (κ1) is 20.1. The molecule has 0 spiro atoms. The van der Waals surface area contributed by atoms with Crippen LogP contribution < -0.4 is 15.1 Å². The van der Waals surface area contributed by atoms with Gasteiger partial charge in [-0.3, -0.25) is 4.79 Å². The number of anilines is 3. The summed E-state index contributed by atoms with van der Waals surface area (Å²) in [6.45, 7) is 12.0.